The van der Waals surface area contributed by atoms with Gasteiger partial charge in [-0.25, -0.2) is 4.39 Å². The third-order valence-electron chi connectivity index (χ3n) is 2.32. The molecule has 1 unspecified atom stereocenters. The van der Waals surface area contributed by atoms with Crippen LogP contribution in [0.25, 0.3) is 0 Å². The lowest BCUT2D eigenvalue weighted by molar-refractivity contribution is 0.155. The van der Waals surface area contributed by atoms with Crippen molar-refractivity contribution in [2.45, 2.75) is 38.4 Å². The van der Waals surface area contributed by atoms with E-state index < -0.39 is 5.67 Å². The Morgan fingerprint density at radius 3 is 2.86 bits per heavy atom. The summed E-state index contributed by atoms with van der Waals surface area (Å²) < 4.78 is 18.3. The van der Waals surface area contributed by atoms with Crippen molar-refractivity contribution in [3.8, 4) is 0 Å². The molecule has 0 aliphatic carbocycles. The minimum Gasteiger partial charge on any atom is -0.336 e. The predicted molar refractivity (Wildman–Crippen MR) is 48.4 cm³/mol. The average Bonchev–Trinajstić information content (AvgIpc) is 2.73. The van der Waals surface area contributed by atoms with E-state index in [0.29, 0.717) is 5.82 Å². The number of alkyl halides is 1. The first kappa shape index (κ1) is 9.58. The predicted octanol–water partition coefficient (Wildman–Crippen LogP) is 1.70. The first-order chi connectivity index (χ1) is 6.57. The second-order valence-corrected chi connectivity index (χ2v) is 4.08. The van der Waals surface area contributed by atoms with Crippen molar-refractivity contribution in [2.24, 2.45) is 0 Å². The van der Waals surface area contributed by atoms with Crippen molar-refractivity contribution in [1.29, 1.82) is 0 Å². The molecule has 78 valence electrons. The normalized spacial score (nSPS) is 22.9. The Bertz CT molecular complexity index is 312. The highest BCUT2D eigenvalue weighted by atomic mass is 19.1. The second-order valence-electron chi connectivity index (χ2n) is 4.08. The van der Waals surface area contributed by atoms with Crippen LogP contribution in [0.5, 0.6) is 0 Å². The van der Waals surface area contributed by atoms with Gasteiger partial charge in [0.05, 0.1) is 6.04 Å². The van der Waals surface area contributed by atoms with Gasteiger partial charge in [-0.3, -0.25) is 0 Å². The average molecular weight is 199 g/mol. The maximum atomic E-state index is 13.4. The standard InChI is InChI=1S/C9H14FN3O/c1-9(2,10)8-12-7(13-14-8)6-4-3-5-11-6/h6,11H,3-5H2,1-2H3. The second kappa shape index (κ2) is 3.31. The monoisotopic (exact) mass is 199 g/mol. The summed E-state index contributed by atoms with van der Waals surface area (Å²) in [5.41, 5.74) is -1.55. The molecular formula is C9H14FN3O. The molecule has 5 heteroatoms. The highest BCUT2D eigenvalue weighted by molar-refractivity contribution is 5.00. The molecule has 0 saturated carbocycles. The van der Waals surface area contributed by atoms with Crippen LogP contribution in [0.2, 0.25) is 0 Å². The van der Waals surface area contributed by atoms with Crippen LogP contribution < -0.4 is 5.32 Å². The van der Waals surface area contributed by atoms with Crippen LogP contribution in [0.15, 0.2) is 4.52 Å². The molecule has 1 aromatic rings. The van der Waals surface area contributed by atoms with Crippen molar-refractivity contribution in [3.05, 3.63) is 11.7 Å². The molecule has 2 heterocycles. The summed E-state index contributed by atoms with van der Waals surface area (Å²) in [4.78, 5) is 4.05. The molecule has 0 bridgehead atoms. The maximum absolute atomic E-state index is 13.4. The first-order valence-corrected chi connectivity index (χ1v) is 4.84. The summed E-state index contributed by atoms with van der Waals surface area (Å²) in [6.45, 7) is 3.78. The topological polar surface area (TPSA) is 51.0 Å². The van der Waals surface area contributed by atoms with Gasteiger partial charge in [0.25, 0.3) is 5.89 Å². The van der Waals surface area contributed by atoms with Crippen LogP contribution in [-0.2, 0) is 5.67 Å². The fourth-order valence-corrected chi connectivity index (χ4v) is 1.52. The Balaban J connectivity index is 2.17. The quantitative estimate of drug-likeness (QED) is 0.787. The van der Waals surface area contributed by atoms with Gasteiger partial charge in [0.2, 0.25) is 0 Å². The fourth-order valence-electron chi connectivity index (χ4n) is 1.52. The van der Waals surface area contributed by atoms with Gasteiger partial charge in [-0.1, -0.05) is 5.16 Å². The number of nitrogens with zero attached hydrogens (tertiary/aromatic N) is 2. The first-order valence-electron chi connectivity index (χ1n) is 4.84. The van der Waals surface area contributed by atoms with E-state index in [0.717, 1.165) is 19.4 Å². The largest absolute Gasteiger partial charge is 0.336 e. The Morgan fingerprint density at radius 1 is 1.57 bits per heavy atom. The molecule has 1 fully saturated rings. The number of hydrogen-bond donors (Lipinski definition) is 1. The Labute approximate surface area is 81.9 Å². The Hall–Kier alpha value is -0.970. The number of rotatable bonds is 2. The van der Waals surface area contributed by atoms with E-state index in [9.17, 15) is 4.39 Å². The highest BCUT2D eigenvalue weighted by Gasteiger charge is 2.29. The summed E-state index contributed by atoms with van der Waals surface area (Å²) in [6, 6.07) is 0.134. The summed E-state index contributed by atoms with van der Waals surface area (Å²) in [6.07, 6.45) is 2.10. The van der Waals surface area contributed by atoms with Gasteiger partial charge >= 0.3 is 0 Å². The molecule has 4 nitrogen and oxygen atoms in total. The molecular weight excluding hydrogens is 185 g/mol. The van der Waals surface area contributed by atoms with Crippen molar-refractivity contribution in [1.82, 2.24) is 15.5 Å². The molecule has 1 aliphatic heterocycles. The van der Waals surface area contributed by atoms with Crippen LogP contribution >= 0.6 is 0 Å². The lowest BCUT2D eigenvalue weighted by Crippen LogP contribution is -2.15. The van der Waals surface area contributed by atoms with Gasteiger partial charge in [-0.2, -0.15) is 4.98 Å². The van der Waals surface area contributed by atoms with E-state index in [1.165, 1.54) is 13.8 Å². The SMILES string of the molecule is CC(C)(F)c1nc(C2CCCN2)no1. The highest BCUT2D eigenvalue weighted by Crippen LogP contribution is 2.26. The van der Waals surface area contributed by atoms with Crippen LogP contribution in [0.4, 0.5) is 4.39 Å². The minimum absolute atomic E-state index is 0.0567. The molecule has 1 N–H and O–H groups in total. The smallest absolute Gasteiger partial charge is 0.263 e. The van der Waals surface area contributed by atoms with Gasteiger partial charge in [0.1, 0.15) is 0 Å². The van der Waals surface area contributed by atoms with E-state index in [2.05, 4.69) is 15.5 Å². The summed E-state index contributed by atoms with van der Waals surface area (Å²) >= 11 is 0. The van der Waals surface area contributed by atoms with Crippen molar-refractivity contribution < 1.29 is 8.91 Å². The molecule has 1 atom stereocenters. The zero-order valence-electron chi connectivity index (χ0n) is 8.38. The van der Waals surface area contributed by atoms with Crippen LogP contribution in [-0.4, -0.2) is 16.7 Å². The lowest BCUT2D eigenvalue weighted by atomic mass is 10.2. The summed E-state index contributed by atoms with van der Waals surface area (Å²) in [5.74, 6) is 0.629. The Kier molecular flexibility index (Phi) is 2.26. The van der Waals surface area contributed by atoms with E-state index >= 15 is 0 Å². The lowest BCUT2D eigenvalue weighted by Gasteiger charge is -2.06. The molecule has 14 heavy (non-hydrogen) atoms. The van der Waals surface area contributed by atoms with Gasteiger partial charge < -0.3 is 9.84 Å². The van der Waals surface area contributed by atoms with Gasteiger partial charge in [0, 0.05) is 0 Å². The third-order valence-corrected chi connectivity index (χ3v) is 2.32. The molecule has 1 aromatic heterocycles. The van der Waals surface area contributed by atoms with Gasteiger partial charge in [0.15, 0.2) is 11.5 Å². The molecule has 0 amide bonds. The van der Waals surface area contributed by atoms with Gasteiger partial charge in [-0.05, 0) is 33.2 Å². The molecule has 1 aliphatic rings. The summed E-state index contributed by atoms with van der Waals surface area (Å²) in [5, 5.41) is 7.01. The number of aromatic nitrogens is 2. The van der Waals surface area contributed by atoms with Crippen LogP contribution in [0, 0.1) is 0 Å². The van der Waals surface area contributed by atoms with E-state index in [1.54, 1.807) is 0 Å². The minimum atomic E-state index is -1.55. The molecule has 0 radical (unpaired) electrons. The van der Waals surface area contributed by atoms with Gasteiger partial charge in [-0.15, -0.1) is 0 Å². The number of nitrogens with one attached hydrogen (secondary N) is 1. The maximum Gasteiger partial charge on any atom is 0.263 e. The fraction of sp³-hybridized carbons (Fsp3) is 0.778. The van der Waals surface area contributed by atoms with E-state index in [-0.39, 0.29) is 11.9 Å². The van der Waals surface area contributed by atoms with Crippen LogP contribution in [0.3, 0.4) is 0 Å². The van der Waals surface area contributed by atoms with E-state index in [1.807, 2.05) is 0 Å². The number of hydrogen-bond acceptors (Lipinski definition) is 4. The molecule has 0 spiro atoms. The zero-order chi connectivity index (χ0) is 10.2. The molecule has 0 aromatic carbocycles. The number of halogens is 1. The van der Waals surface area contributed by atoms with Crippen molar-refractivity contribution >= 4 is 0 Å². The summed E-state index contributed by atoms with van der Waals surface area (Å²) in [7, 11) is 0. The Morgan fingerprint density at radius 2 is 2.36 bits per heavy atom. The van der Waals surface area contributed by atoms with Crippen molar-refractivity contribution in [3.63, 3.8) is 0 Å². The zero-order valence-corrected chi connectivity index (χ0v) is 8.38. The third kappa shape index (κ3) is 1.77. The molecule has 1 saturated heterocycles. The van der Waals surface area contributed by atoms with Crippen LogP contribution in [0.1, 0.15) is 44.4 Å². The van der Waals surface area contributed by atoms with Crippen molar-refractivity contribution in [2.75, 3.05) is 6.54 Å². The molecule has 2 rings (SSSR count). The van der Waals surface area contributed by atoms with E-state index in [4.69, 9.17) is 4.52 Å².